The maximum atomic E-state index is 13.8. The summed E-state index contributed by atoms with van der Waals surface area (Å²) in [4.78, 5) is 37.7. The lowest BCUT2D eigenvalue weighted by molar-refractivity contribution is -0.183. The Bertz CT molecular complexity index is 1840. The molecular weight excluding hydrogens is 747 g/mol. The highest BCUT2D eigenvalue weighted by Gasteiger charge is 2.43. The first-order valence-corrected chi connectivity index (χ1v) is 18.7. The van der Waals surface area contributed by atoms with Gasteiger partial charge in [0.15, 0.2) is 5.65 Å². The molecule has 2 aliphatic carbocycles. The number of halogens is 8. The molecule has 53 heavy (non-hydrogen) atoms. The Morgan fingerprint density at radius 3 is 2.06 bits per heavy atom. The Balaban J connectivity index is 1.31. The molecule has 3 N–H and O–H groups in total. The van der Waals surface area contributed by atoms with Crippen LogP contribution in [-0.2, 0) is 11.3 Å². The van der Waals surface area contributed by atoms with Gasteiger partial charge in [0.1, 0.15) is 11.3 Å². The Morgan fingerprint density at radius 2 is 1.47 bits per heavy atom. The lowest BCUT2D eigenvalue weighted by Crippen LogP contribution is -2.41. The van der Waals surface area contributed by atoms with Crippen LogP contribution in [0.15, 0.2) is 18.2 Å². The van der Waals surface area contributed by atoms with Gasteiger partial charge in [0.2, 0.25) is 11.9 Å². The lowest BCUT2D eigenvalue weighted by atomic mass is 9.81. The third kappa shape index (κ3) is 8.92. The van der Waals surface area contributed by atoms with Crippen molar-refractivity contribution in [2.24, 2.45) is 23.2 Å². The minimum Gasteiger partial charge on any atom is -0.356 e. The number of rotatable bonds is 9. The Morgan fingerprint density at radius 1 is 0.849 bits per heavy atom. The number of imidazole rings is 1. The molecule has 3 aromatic rings. The van der Waals surface area contributed by atoms with Crippen LogP contribution in [0.2, 0.25) is 10.0 Å². The van der Waals surface area contributed by atoms with Crippen LogP contribution in [0.4, 0.5) is 43.8 Å². The third-order valence-electron chi connectivity index (χ3n) is 10.4. The molecule has 1 aromatic carbocycles. The minimum atomic E-state index is -4.34. The average Bonchev–Trinajstić information content (AvgIpc) is 3.87. The average molecular weight is 791 g/mol. The number of amides is 2. The summed E-state index contributed by atoms with van der Waals surface area (Å²) in [6, 6.07) is 4.93. The van der Waals surface area contributed by atoms with Gasteiger partial charge in [0.05, 0.1) is 33.1 Å². The molecule has 0 radical (unpaired) electrons. The van der Waals surface area contributed by atoms with E-state index >= 15 is 0 Å². The molecule has 1 saturated heterocycles. The van der Waals surface area contributed by atoms with Crippen LogP contribution in [0.3, 0.4) is 0 Å². The fourth-order valence-electron chi connectivity index (χ4n) is 7.03. The van der Waals surface area contributed by atoms with Gasteiger partial charge in [-0.1, -0.05) is 50.0 Å². The summed E-state index contributed by atoms with van der Waals surface area (Å²) < 4.78 is 82.2. The molecule has 3 aliphatic rings. The number of pyridine rings is 1. The number of piperidine rings is 1. The van der Waals surface area contributed by atoms with E-state index < -0.39 is 35.5 Å². The molecule has 6 rings (SSSR count). The first-order valence-electron chi connectivity index (χ1n) is 17.9. The van der Waals surface area contributed by atoms with Gasteiger partial charge in [0.25, 0.3) is 5.91 Å². The number of hydrogen-bond donors (Lipinski definition) is 3. The number of hydrogen-bond acceptors (Lipinski definition) is 6. The van der Waals surface area contributed by atoms with Crippen molar-refractivity contribution in [2.45, 2.75) is 97.1 Å². The van der Waals surface area contributed by atoms with Crippen molar-refractivity contribution in [1.82, 2.24) is 25.2 Å². The number of benzene rings is 1. The van der Waals surface area contributed by atoms with Gasteiger partial charge in [-0.3, -0.25) is 14.2 Å². The maximum absolute atomic E-state index is 13.8. The zero-order chi connectivity index (χ0) is 38.5. The maximum Gasteiger partial charge on any atom is 0.391 e. The van der Waals surface area contributed by atoms with Crippen molar-refractivity contribution in [3.8, 4) is 0 Å². The molecular formula is C36H43Cl2F6N7O2. The minimum absolute atomic E-state index is 0.00266. The fourth-order valence-corrected chi connectivity index (χ4v) is 7.56. The van der Waals surface area contributed by atoms with Crippen molar-refractivity contribution in [2.75, 3.05) is 29.9 Å². The summed E-state index contributed by atoms with van der Waals surface area (Å²) in [5.74, 6) is -3.08. The van der Waals surface area contributed by atoms with Crippen molar-refractivity contribution >= 4 is 63.6 Å². The first kappa shape index (κ1) is 39.2. The summed E-state index contributed by atoms with van der Waals surface area (Å²) in [7, 11) is 0. The van der Waals surface area contributed by atoms with E-state index in [1.807, 2.05) is 4.57 Å². The SMILES string of the molecule is CC(C)(C)C(=O)NCc1ccc(Cl)c(Nc2nc3cc(C(=O)NCC4CCC(C(F)(F)F)CC4)c(N4CCC(C(F)(F)F)CC4)nc3n2C2CC2)c1Cl. The molecule has 0 unspecified atom stereocenters. The highest BCUT2D eigenvalue weighted by atomic mass is 35.5. The predicted octanol–water partition coefficient (Wildman–Crippen LogP) is 9.36. The molecule has 0 atom stereocenters. The lowest BCUT2D eigenvalue weighted by Gasteiger charge is -2.34. The molecule has 1 aliphatic heterocycles. The van der Waals surface area contributed by atoms with Gasteiger partial charge < -0.3 is 20.9 Å². The zero-order valence-electron chi connectivity index (χ0n) is 29.7. The quantitative estimate of drug-likeness (QED) is 0.187. The molecule has 2 saturated carbocycles. The second kappa shape index (κ2) is 15.0. The highest BCUT2D eigenvalue weighted by molar-refractivity contribution is 6.39. The smallest absolute Gasteiger partial charge is 0.356 e. The van der Waals surface area contributed by atoms with E-state index in [4.69, 9.17) is 33.2 Å². The summed E-state index contributed by atoms with van der Waals surface area (Å²) in [6.45, 7) is 5.75. The molecule has 9 nitrogen and oxygen atoms in total. The molecule has 0 bridgehead atoms. The highest BCUT2D eigenvalue weighted by Crippen LogP contribution is 2.44. The van der Waals surface area contributed by atoms with Crippen LogP contribution in [0.1, 0.15) is 94.1 Å². The van der Waals surface area contributed by atoms with E-state index in [1.165, 1.54) is 0 Å². The van der Waals surface area contributed by atoms with Gasteiger partial charge in [0, 0.05) is 37.6 Å². The van der Waals surface area contributed by atoms with Gasteiger partial charge >= 0.3 is 12.4 Å². The summed E-state index contributed by atoms with van der Waals surface area (Å²) in [5, 5.41) is 9.55. The van der Waals surface area contributed by atoms with E-state index in [-0.39, 0.29) is 86.1 Å². The summed E-state index contributed by atoms with van der Waals surface area (Å²) in [6.07, 6.45) is -6.66. The number of nitrogens with zero attached hydrogens (tertiary/aromatic N) is 4. The number of anilines is 3. The molecule has 290 valence electrons. The largest absolute Gasteiger partial charge is 0.391 e. The van der Waals surface area contributed by atoms with Crippen LogP contribution >= 0.6 is 23.2 Å². The van der Waals surface area contributed by atoms with E-state index in [2.05, 4.69) is 16.0 Å². The monoisotopic (exact) mass is 789 g/mol. The van der Waals surface area contributed by atoms with E-state index in [0.717, 1.165) is 12.8 Å². The molecule has 17 heteroatoms. The number of aromatic nitrogens is 3. The van der Waals surface area contributed by atoms with E-state index in [9.17, 15) is 35.9 Å². The van der Waals surface area contributed by atoms with Crippen molar-refractivity contribution in [3.05, 3.63) is 39.4 Å². The van der Waals surface area contributed by atoms with Crippen LogP contribution in [0, 0.1) is 23.2 Å². The molecule has 3 heterocycles. The number of carbonyl (C=O) groups is 2. The van der Waals surface area contributed by atoms with Gasteiger partial charge in [-0.15, -0.1) is 0 Å². The Hall–Kier alpha value is -3.46. The van der Waals surface area contributed by atoms with Crippen molar-refractivity contribution in [1.29, 1.82) is 0 Å². The van der Waals surface area contributed by atoms with Crippen LogP contribution in [-0.4, -0.2) is 58.3 Å². The van der Waals surface area contributed by atoms with Crippen molar-refractivity contribution < 1.29 is 35.9 Å². The van der Waals surface area contributed by atoms with Gasteiger partial charge in [-0.25, -0.2) is 9.97 Å². The Labute approximate surface area is 313 Å². The van der Waals surface area contributed by atoms with Crippen LogP contribution in [0.25, 0.3) is 11.2 Å². The van der Waals surface area contributed by atoms with Gasteiger partial charge in [-0.05, 0) is 75.0 Å². The van der Waals surface area contributed by atoms with Crippen LogP contribution in [0.5, 0.6) is 0 Å². The number of alkyl halides is 6. The van der Waals surface area contributed by atoms with Crippen molar-refractivity contribution in [3.63, 3.8) is 0 Å². The predicted molar refractivity (Wildman–Crippen MR) is 192 cm³/mol. The van der Waals surface area contributed by atoms with Crippen LogP contribution < -0.4 is 20.9 Å². The molecule has 3 fully saturated rings. The summed E-state index contributed by atoms with van der Waals surface area (Å²) >= 11 is 13.4. The number of carbonyl (C=O) groups excluding carboxylic acids is 2. The molecule has 2 amide bonds. The molecule has 0 spiro atoms. The first-order chi connectivity index (χ1) is 24.8. The number of fused-ring (bicyclic) bond motifs is 1. The molecule has 2 aromatic heterocycles. The normalized spacial score (nSPS) is 20.5. The van der Waals surface area contributed by atoms with E-state index in [1.54, 1.807) is 43.9 Å². The second-order valence-corrected chi connectivity index (χ2v) is 16.2. The third-order valence-corrected chi connectivity index (χ3v) is 11.2. The second-order valence-electron chi connectivity index (χ2n) is 15.5. The topological polar surface area (TPSA) is 104 Å². The summed E-state index contributed by atoms with van der Waals surface area (Å²) in [5.41, 5.74) is 1.24. The van der Waals surface area contributed by atoms with Gasteiger partial charge in [-0.2, -0.15) is 26.3 Å². The van der Waals surface area contributed by atoms with E-state index in [0.29, 0.717) is 46.2 Å². The standard InChI is InChI=1S/C36H43Cl2F6N7O2/c1-34(2,3)32(53)46-18-20-6-11-25(37)28(27(20)38)48-33-47-26-16-24(31(52)45-17-19-4-7-21(8-5-19)35(39,40)41)29(49-30(26)51(33)23-9-10-23)50-14-12-22(13-15-50)36(42,43)44/h6,11,16,19,21-23H,4-5,7-10,12-15,17-18H2,1-3H3,(H,45,52)(H,46,53)(H,47,48). The number of nitrogens with one attached hydrogen (secondary N) is 3. The fraction of sp³-hybridized carbons (Fsp3) is 0.611. The Kier molecular flexibility index (Phi) is 11.1. The zero-order valence-corrected chi connectivity index (χ0v) is 31.2.